The van der Waals surface area contributed by atoms with Gasteiger partial charge in [0, 0.05) is 13.1 Å². The van der Waals surface area contributed by atoms with Gasteiger partial charge in [-0.15, -0.1) is 0 Å². The number of alkyl carbamates (subject to hydrolysis) is 1. The molecule has 1 aliphatic heterocycles. The number of carbonyl (C=O) groups is 2. The molecule has 20 heavy (non-hydrogen) atoms. The number of amides is 2. The zero-order chi connectivity index (χ0) is 15.3. The molecule has 1 saturated heterocycles. The maximum atomic E-state index is 12.5. The molecule has 0 spiro atoms. The first kappa shape index (κ1) is 16.8. The van der Waals surface area contributed by atoms with Gasteiger partial charge in [-0.25, -0.2) is 4.79 Å². The summed E-state index contributed by atoms with van der Waals surface area (Å²) in [6.45, 7) is 11.0. The fourth-order valence-corrected chi connectivity index (χ4v) is 2.25. The van der Waals surface area contributed by atoms with Gasteiger partial charge < -0.3 is 15.0 Å². The number of ether oxygens (including phenoxy) is 1. The summed E-state index contributed by atoms with van der Waals surface area (Å²) in [5, 5.41) is 2.75. The Hall–Kier alpha value is -1.26. The Morgan fingerprint density at radius 2 is 1.80 bits per heavy atom. The van der Waals surface area contributed by atoms with Crippen molar-refractivity contribution in [1.82, 2.24) is 10.2 Å². The van der Waals surface area contributed by atoms with Crippen molar-refractivity contribution in [1.29, 1.82) is 0 Å². The summed E-state index contributed by atoms with van der Waals surface area (Å²) < 4.78 is 5.25. The molecule has 0 unspecified atom stereocenters. The number of nitrogens with zero attached hydrogens (tertiary/aromatic N) is 1. The van der Waals surface area contributed by atoms with E-state index in [0.717, 1.165) is 32.4 Å². The molecular weight excluding hydrogens is 256 g/mol. The molecule has 5 nitrogen and oxygen atoms in total. The first-order valence-electron chi connectivity index (χ1n) is 7.53. The third kappa shape index (κ3) is 5.02. The highest BCUT2D eigenvalue weighted by Gasteiger charge is 2.32. The van der Waals surface area contributed by atoms with Crippen molar-refractivity contribution in [3.63, 3.8) is 0 Å². The zero-order valence-electron chi connectivity index (χ0n) is 13.4. The molecule has 0 bridgehead atoms. The summed E-state index contributed by atoms with van der Waals surface area (Å²) in [5.74, 6) is 0.110. The molecule has 0 aliphatic carbocycles. The zero-order valence-corrected chi connectivity index (χ0v) is 13.4. The first-order valence-corrected chi connectivity index (χ1v) is 7.53. The lowest BCUT2D eigenvalue weighted by Crippen LogP contribution is -2.52. The summed E-state index contributed by atoms with van der Waals surface area (Å²) in [5.41, 5.74) is -0.555. The van der Waals surface area contributed by atoms with Crippen LogP contribution in [-0.2, 0) is 9.53 Å². The fraction of sp³-hybridized carbons (Fsp3) is 0.867. The van der Waals surface area contributed by atoms with Crippen LogP contribution in [0.15, 0.2) is 0 Å². The van der Waals surface area contributed by atoms with Crippen molar-refractivity contribution in [2.24, 2.45) is 5.92 Å². The average Bonchev–Trinajstić information content (AvgIpc) is 2.85. The van der Waals surface area contributed by atoms with Gasteiger partial charge in [0.2, 0.25) is 5.91 Å². The van der Waals surface area contributed by atoms with Crippen molar-refractivity contribution in [3.05, 3.63) is 0 Å². The Morgan fingerprint density at radius 1 is 1.25 bits per heavy atom. The third-order valence-electron chi connectivity index (χ3n) is 3.57. The van der Waals surface area contributed by atoms with Gasteiger partial charge in [0.1, 0.15) is 11.6 Å². The summed E-state index contributed by atoms with van der Waals surface area (Å²) >= 11 is 0. The predicted octanol–water partition coefficient (Wildman–Crippen LogP) is 2.55. The van der Waals surface area contributed by atoms with Gasteiger partial charge in [-0.05, 0) is 39.5 Å². The highest BCUT2D eigenvalue weighted by Crippen LogP contribution is 2.16. The Morgan fingerprint density at radius 3 is 2.25 bits per heavy atom. The molecule has 0 aromatic heterocycles. The molecule has 1 heterocycles. The van der Waals surface area contributed by atoms with Gasteiger partial charge >= 0.3 is 6.09 Å². The molecule has 1 aliphatic rings. The third-order valence-corrected chi connectivity index (χ3v) is 3.57. The van der Waals surface area contributed by atoms with Crippen LogP contribution in [0.3, 0.4) is 0 Å². The highest BCUT2D eigenvalue weighted by molar-refractivity contribution is 5.86. The van der Waals surface area contributed by atoms with Crippen LogP contribution in [0, 0.1) is 5.92 Å². The quantitative estimate of drug-likeness (QED) is 0.863. The average molecular weight is 284 g/mol. The molecule has 2 amide bonds. The van der Waals surface area contributed by atoms with E-state index < -0.39 is 17.7 Å². The van der Waals surface area contributed by atoms with Gasteiger partial charge in [0.25, 0.3) is 0 Å². The van der Waals surface area contributed by atoms with E-state index in [4.69, 9.17) is 4.74 Å². The minimum absolute atomic E-state index is 0.0164. The molecule has 1 N–H and O–H groups in total. The fourth-order valence-electron chi connectivity index (χ4n) is 2.25. The lowest BCUT2D eigenvalue weighted by molar-refractivity contribution is -0.133. The number of nitrogens with one attached hydrogen (secondary N) is 1. The SMILES string of the molecule is CC[C@H](C)[C@H](NC(=O)OC(C)(C)C)C(=O)N1CCCC1. The molecule has 0 saturated carbocycles. The Bertz CT molecular complexity index is 344. The van der Waals surface area contributed by atoms with Gasteiger partial charge in [-0.2, -0.15) is 0 Å². The Kier molecular flexibility index (Phi) is 5.84. The molecular formula is C15H28N2O3. The smallest absolute Gasteiger partial charge is 0.408 e. The second kappa shape index (κ2) is 6.95. The lowest BCUT2D eigenvalue weighted by Gasteiger charge is -2.29. The normalized spacial score (nSPS) is 18.6. The van der Waals surface area contributed by atoms with E-state index >= 15 is 0 Å². The van der Waals surface area contributed by atoms with Crippen LogP contribution < -0.4 is 5.32 Å². The lowest BCUT2D eigenvalue weighted by atomic mass is 9.98. The van der Waals surface area contributed by atoms with Gasteiger partial charge in [-0.1, -0.05) is 20.3 Å². The minimum atomic E-state index is -0.555. The van der Waals surface area contributed by atoms with E-state index in [1.54, 1.807) is 0 Å². The summed E-state index contributed by atoms with van der Waals surface area (Å²) in [6.07, 6.45) is 2.41. The van der Waals surface area contributed by atoms with Crippen molar-refractivity contribution in [2.75, 3.05) is 13.1 Å². The standard InChI is InChI=1S/C15H28N2O3/c1-6-11(2)12(13(18)17-9-7-8-10-17)16-14(19)20-15(3,4)5/h11-12H,6-10H2,1-5H3,(H,16,19)/t11-,12-/m0/s1. The molecule has 0 aromatic carbocycles. The van der Waals surface area contributed by atoms with E-state index in [0.29, 0.717) is 0 Å². The largest absolute Gasteiger partial charge is 0.444 e. The Labute approximate surface area is 122 Å². The minimum Gasteiger partial charge on any atom is -0.444 e. The van der Waals surface area contributed by atoms with E-state index in [2.05, 4.69) is 5.32 Å². The monoisotopic (exact) mass is 284 g/mol. The molecule has 0 aromatic rings. The molecule has 1 fully saturated rings. The molecule has 2 atom stereocenters. The second-order valence-electron chi connectivity index (χ2n) is 6.54. The summed E-state index contributed by atoms with van der Waals surface area (Å²) in [4.78, 5) is 26.2. The van der Waals surface area contributed by atoms with E-state index in [-0.39, 0.29) is 11.8 Å². The Balaban J connectivity index is 2.69. The topological polar surface area (TPSA) is 58.6 Å². The van der Waals surface area contributed by atoms with Crippen LogP contribution in [0.25, 0.3) is 0 Å². The highest BCUT2D eigenvalue weighted by atomic mass is 16.6. The van der Waals surface area contributed by atoms with E-state index in [1.807, 2.05) is 39.5 Å². The summed E-state index contributed by atoms with van der Waals surface area (Å²) in [6, 6.07) is -0.493. The molecule has 0 radical (unpaired) electrons. The number of likely N-dealkylation sites (tertiary alicyclic amines) is 1. The maximum Gasteiger partial charge on any atom is 0.408 e. The van der Waals surface area contributed by atoms with E-state index in [1.165, 1.54) is 0 Å². The van der Waals surface area contributed by atoms with Crippen LogP contribution in [-0.4, -0.2) is 41.6 Å². The van der Waals surface area contributed by atoms with Crippen LogP contribution in [0.2, 0.25) is 0 Å². The maximum absolute atomic E-state index is 12.5. The van der Waals surface area contributed by atoms with Crippen molar-refractivity contribution in [2.45, 2.75) is 65.5 Å². The number of hydrogen-bond acceptors (Lipinski definition) is 3. The van der Waals surface area contributed by atoms with Gasteiger partial charge in [0.05, 0.1) is 0 Å². The molecule has 1 rings (SSSR count). The van der Waals surface area contributed by atoms with Crippen LogP contribution in [0.5, 0.6) is 0 Å². The number of carbonyl (C=O) groups excluding carboxylic acids is 2. The summed E-state index contributed by atoms with van der Waals surface area (Å²) in [7, 11) is 0. The van der Waals surface area contributed by atoms with Crippen LogP contribution in [0.4, 0.5) is 4.79 Å². The van der Waals surface area contributed by atoms with Gasteiger partial charge in [-0.3, -0.25) is 4.79 Å². The van der Waals surface area contributed by atoms with Crippen LogP contribution in [0.1, 0.15) is 53.9 Å². The molecule has 116 valence electrons. The second-order valence-corrected chi connectivity index (χ2v) is 6.54. The van der Waals surface area contributed by atoms with E-state index in [9.17, 15) is 9.59 Å². The predicted molar refractivity (Wildman–Crippen MR) is 78.4 cm³/mol. The molecule has 5 heteroatoms. The first-order chi connectivity index (χ1) is 9.24. The van der Waals surface area contributed by atoms with Crippen molar-refractivity contribution >= 4 is 12.0 Å². The van der Waals surface area contributed by atoms with Crippen molar-refractivity contribution in [3.8, 4) is 0 Å². The van der Waals surface area contributed by atoms with Crippen LogP contribution >= 0.6 is 0 Å². The number of hydrogen-bond donors (Lipinski definition) is 1. The van der Waals surface area contributed by atoms with Crippen molar-refractivity contribution < 1.29 is 14.3 Å². The van der Waals surface area contributed by atoms with Gasteiger partial charge in [0.15, 0.2) is 0 Å². The number of rotatable bonds is 4.